The Bertz CT molecular complexity index is 304. The van der Waals surface area contributed by atoms with E-state index < -0.39 is 5.60 Å². The molecular weight excluding hydrogens is 251 g/mol. The minimum atomic E-state index is -0.711. The summed E-state index contributed by atoms with van der Waals surface area (Å²) < 4.78 is 0.956. The molecule has 0 unspecified atom stereocenters. The molecule has 1 aromatic carbocycles. The average molecular weight is 264 g/mol. The van der Waals surface area contributed by atoms with Crippen LogP contribution in [-0.4, -0.2) is 10.7 Å². The van der Waals surface area contributed by atoms with Gasteiger partial charge in [0.15, 0.2) is 0 Å². The van der Waals surface area contributed by atoms with Gasteiger partial charge in [-0.3, -0.25) is 0 Å². The lowest BCUT2D eigenvalue weighted by molar-refractivity contribution is 0.0810. The van der Waals surface area contributed by atoms with E-state index in [0.717, 1.165) is 10.0 Å². The van der Waals surface area contributed by atoms with Crippen LogP contribution >= 0.6 is 27.5 Å². The quantitative estimate of drug-likeness (QED) is 0.867. The van der Waals surface area contributed by atoms with Gasteiger partial charge in [-0.15, -0.1) is 0 Å². The number of hydrogen-bond donors (Lipinski definition) is 1. The van der Waals surface area contributed by atoms with Gasteiger partial charge >= 0.3 is 0 Å². The van der Waals surface area contributed by atoms with E-state index in [0.29, 0.717) is 11.4 Å². The first-order chi connectivity index (χ1) is 5.88. The van der Waals surface area contributed by atoms with Crippen molar-refractivity contribution >= 4 is 27.5 Å². The molecule has 1 aromatic rings. The molecule has 0 saturated heterocycles. The highest BCUT2D eigenvalue weighted by molar-refractivity contribution is 9.10. The molecule has 0 aliphatic rings. The molecule has 1 nitrogen and oxygen atoms in total. The molecule has 13 heavy (non-hydrogen) atoms. The molecule has 3 heteroatoms. The molecule has 0 bridgehead atoms. The Balaban J connectivity index is 2.90. The Morgan fingerprint density at radius 1 is 1.46 bits per heavy atom. The highest BCUT2D eigenvalue weighted by Gasteiger charge is 2.15. The van der Waals surface area contributed by atoms with E-state index in [-0.39, 0.29) is 0 Å². The Hall–Kier alpha value is -0.0500. The van der Waals surface area contributed by atoms with Gasteiger partial charge in [0.25, 0.3) is 0 Å². The van der Waals surface area contributed by atoms with E-state index in [1.54, 1.807) is 13.8 Å². The van der Waals surface area contributed by atoms with Crippen molar-refractivity contribution in [2.24, 2.45) is 0 Å². The summed E-state index contributed by atoms with van der Waals surface area (Å²) in [5.74, 6) is 0. The second-order valence-electron chi connectivity index (χ2n) is 3.72. The number of hydrogen-bond acceptors (Lipinski definition) is 1. The predicted octanol–water partition coefficient (Wildman–Crippen LogP) is 3.42. The van der Waals surface area contributed by atoms with Gasteiger partial charge in [0.1, 0.15) is 0 Å². The summed E-state index contributed by atoms with van der Waals surface area (Å²) >= 11 is 9.32. The molecule has 0 spiro atoms. The maximum absolute atomic E-state index is 9.59. The number of benzene rings is 1. The van der Waals surface area contributed by atoms with Crippen LogP contribution in [0.15, 0.2) is 22.7 Å². The SMILES string of the molecule is CC(C)(O)Cc1ccc(Br)cc1Cl. The highest BCUT2D eigenvalue weighted by atomic mass is 79.9. The number of aliphatic hydroxyl groups is 1. The smallest absolute Gasteiger partial charge is 0.0632 e. The molecule has 1 N–H and O–H groups in total. The van der Waals surface area contributed by atoms with Crippen LogP contribution in [0.4, 0.5) is 0 Å². The van der Waals surface area contributed by atoms with Crippen molar-refractivity contribution in [2.45, 2.75) is 25.9 Å². The molecule has 0 radical (unpaired) electrons. The average Bonchev–Trinajstić information content (AvgIpc) is 1.93. The molecule has 0 amide bonds. The minimum Gasteiger partial charge on any atom is -0.390 e. The number of halogens is 2. The Kier molecular flexibility index (Phi) is 3.38. The van der Waals surface area contributed by atoms with Gasteiger partial charge in [0.05, 0.1) is 5.60 Å². The van der Waals surface area contributed by atoms with Gasteiger partial charge in [0, 0.05) is 15.9 Å². The zero-order valence-corrected chi connectivity index (χ0v) is 9.98. The zero-order valence-electron chi connectivity index (χ0n) is 7.64. The van der Waals surface area contributed by atoms with Crippen LogP contribution in [0.5, 0.6) is 0 Å². The van der Waals surface area contributed by atoms with Crippen molar-refractivity contribution in [3.05, 3.63) is 33.3 Å². The fourth-order valence-corrected chi connectivity index (χ4v) is 1.87. The first kappa shape index (κ1) is 11.0. The van der Waals surface area contributed by atoms with Gasteiger partial charge in [-0.05, 0) is 31.5 Å². The summed E-state index contributed by atoms with van der Waals surface area (Å²) in [6.45, 7) is 3.54. The monoisotopic (exact) mass is 262 g/mol. The normalized spacial score (nSPS) is 11.8. The fraction of sp³-hybridized carbons (Fsp3) is 0.400. The minimum absolute atomic E-state index is 0.569. The summed E-state index contributed by atoms with van der Waals surface area (Å²) in [4.78, 5) is 0. The molecule has 0 fully saturated rings. The van der Waals surface area contributed by atoms with E-state index in [1.807, 2.05) is 18.2 Å². The summed E-state index contributed by atoms with van der Waals surface area (Å²) in [5, 5.41) is 10.3. The highest BCUT2D eigenvalue weighted by Crippen LogP contribution is 2.24. The lowest BCUT2D eigenvalue weighted by Crippen LogP contribution is -2.21. The van der Waals surface area contributed by atoms with Crippen molar-refractivity contribution in [1.29, 1.82) is 0 Å². The summed E-state index contributed by atoms with van der Waals surface area (Å²) in [7, 11) is 0. The second kappa shape index (κ2) is 3.99. The van der Waals surface area contributed by atoms with Crippen molar-refractivity contribution in [2.75, 3.05) is 0 Å². The van der Waals surface area contributed by atoms with Gasteiger partial charge < -0.3 is 5.11 Å². The molecule has 0 heterocycles. The molecule has 0 aliphatic heterocycles. The van der Waals surface area contributed by atoms with Gasteiger partial charge in [-0.1, -0.05) is 33.6 Å². The van der Waals surface area contributed by atoms with Crippen LogP contribution in [-0.2, 0) is 6.42 Å². The van der Waals surface area contributed by atoms with Crippen LogP contribution in [0.3, 0.4) is 0 Å². The third kappa shape index (κ3) is 3.67. The van der Waals surface area contributed by atoms with Crippen LogP contribution < -0.4 is 0 Å². The molecule has 0 aromatic heterocycles. The maximum Gasteiger partial charge on any atom is 0.0632 e. The largest absolute Gasteiger partial charge is 0.390 e. The standard InChI is InChI=1S/C10H12BrClO/c1-10(2,13)6-7-3-4-8(11)5-9(7)12/h3-5,13H,6H2,1-2H3. The van der Waals surface area contributed by atoms with Gasteiger partial charge in [-0.2, -0.15) is 0 Å². The van der Waals surface area contributed by atoms with Crippen molar-refractivity contribution in [3.8, 4) is 0 Å². The summed E-state index contributed by atoms with van der Waals surface area (Å²) in [6.07, 6.45) is 0.569. The summed E-state index contributed by atoms with van der Waals surface area (Å²) in [6, 6.07) is 5.68. The third-order valence-corrected chi connectivity index (χ3v) is 2.48. The third-order valence-electron chi connectivity index (χ3n) is 1.64. The van der Waals surface area contributed by atoms with E-state index in [9.17, 15) is 5.11 Å². The topological polar surface area (TPSA) is 20.2 Å². The van der Waals surface area contributed by atoms with Crippen LogP contribution in [0.1, 0.15) is 19.4 Å². The Morgan fingerprint density at radius 3 is 2.54 bits per heavy atom. The predicted molar refractivity (Wildman–Crippen MR) is 59.2 cm³/mol. The Morgan fingerprint density at radius 2 is 2.08 bits per heavy atom. The fourth-order valence-electron chi connectivity index (χ4n) is 1.13. The molecule has 0 aliphatic carbocycles. The van der Waals surface area contributed by atoms with E-state index in [2.05, 4.69) is 15.9 Å². The van der Waals surface area contributed by atoms with Gasteiger partial charge in [-0.25, -0.2) is 0 Å². The van der Waals surface area contributed by atoms with Crippen molar-refractivity contribution < 1.29 is 5.11 Å². The maximum atomic E-state index is 9.59. The first-order valence-electron chi connectivity index (χ1n) is 4.05. The molecular formula is C10H12BrClO. The van der Waals surface area contributed by atoms with Crippen LogP contribution in [0.2, 0.25) is 5.02 Å². The van der Waals surface area contributed by atoms with E-state index in [4.69, 9.17) is 11.6 Å². The van der Waals surface area contributed by atoms with Crippen molar-refractivity contribution in [3.63, 3.8) is 0 Å². The Labute approximate surface area is 91.9 Å². The van der Waals surface area contributed by atoms with Crippen molar-refractivity contribution in [1.82, 2.24) is 0 Å². The first-order valence-corrected chi connectivity index (χ1v) is 5.22. The van der Waals surface area contributed by atoms with E-state index in [1.165, 1.54) is 0 Å². The van der Waals surface area contributed by atoms with Gasteiger partial charge in [0.2, 0.25) is 0 Å². The zero-order chi connectivity index (χ0) is 10.1. The molecule has 0 atom stereocenters. The lowest BCUT2D eigenvalue weighted by atomic mass is 9.99. The van der Waals surface area contributed by atoms with Crippen LogP contribution in [0, 0.1) is 0 Å². The number of rotatable bonds is 2. The summed E-state index contributed by atoms with van der Waals surface area (Å²) in [5.41, 5.74) is 0.259. The van der Waals surface area contributed by atoms with Crippen LogP contribution in [0.25, 0.3) is 0 Å². The molecule has 72 valence electrons. The molecule has 1 rings (SSSR count). The second-order valence-corrected chi connectivity index (χ2v) is 5.05. The molecule has 0 saturated carbocycles. The lowest BCUT2D eigenvalue weighted by Gasteiger charge is -2.17. The van der Waals surface area contributed by atoms with E-state index >= 15 is 0 Å².